The number of nitrogens with two attached hydrogens (primary N) is 2. The predicted octanol–water partition coefficient (Wildman–Crippen LogP) is -1.26. The van der Waals surface area contributed by atoms with Gasteiger partial charge in [0.25, 0.3) is 0 Å². The molecule has 0 aliphatic heterocycles. The molecule has 0 unspecified atom stereocenters. The van der Waals surface area contributed by atoms with Crippen LogP contribution in [0.1, 0.15) is 26.2 Å². The largest absolute Gasteiger partial charge is 0.490 e. The highest BCUT2D eigenvalue weighted by molar-refractivity contribution is 5.86. The van der Waals surface area contributed by atoms with Crippen LogP contribution in [0.15, 0.2) is 4.99 Å². The first-order chi connectivity index (χ1) is 16.7. The van der Waals surface area contributed by atoms with E-state index in [1.807, 2.05) is 5.32 Å². The highest BCUT2D eigenvalue weighted by Crippen LogP contribution is 2.20. The molecule has 0 aromatic carbocycles. The zero-order valence-electron chi connectivity index (χ0n) is 19.0. The summed E-state index contributed by atoms with van der Waals surface area (Å²) in [6, 6.07) is -5.75. The molecule has 0 bridgehead atoms. The fourth-order valence-corrected chi connectivity index (χ4v) is 2.25. The van der Waals surface area contributed by atoms with Crippen molar-refractivity contribution in [2.24, 2.45) is 16.5 Å². The van der Waals surface area contributed by atoms with E-state index in [9.17, 15) is 45.5 Å². The molecule has 0 heterocycles. The number of alkyl halides is 6. The number of amides is 2. The molecule has 0 aromatic rings. The average Bonchev–Trinajstić information content (AvgIpc) is 2.70. The van der Waals surface area contributed by atoms with Gasteiger partial charge in [0.15, 0.2) is 5.96 Å². The monoisotopic (exact) mass is 556 g/mol. The lowest BCUT2D eigenvalue weighted by molar-refractivity contribution is -0.192. The molecule has 2 amide bonds. The summed E-state index contributed by atoms with van der Waals surface area (Å²) in [6.07, 6.45) is -10.9. The zero-order valence-corrected chi connectivity index (χ0v) is 19.0. The zero-order chi connectivity index (χ0) is 29.6. The molecule has 10 N–H and O–H groups in total. The average molecular weight is 556 g/mol. The maximum absolute atomic E-state index is 13.2. The first kappa shape index (κ1) is 35.3. The molecule has 0 rings (SSSR count). The summed E-state index contributed by atoms with van der Waals surface area (Å²) < 4.78 is 71.4. The highest BCUT2D eigenvalue weighted by atomic mass is 19.4. The minimum atomic E-state index is -5.08. The third-order valence-corrected chi connectivity index (χ3v) is 3.84. The fraction of sp³-hybridized carbons (Fsp3) is 0.647. The molecule has 37 heavy (non-hydrogen) atoms. The number of nitrogens with one attached hydrogen (secondary N) is 3. The summed E-state index contributed by atoms with van der Waals surface area (Å²) >= 11 is 0. The number of nitrogens with zero attached hydrogens (tertiary/aromatic N) is 1. The van der Waals surface area contributed by atoms with Gasteiger partial charge in [0.2, 0.25) is 11.8 Å². The van der Waals surface area contributed by atoms with Crippen molar-refractivity contribution in [1.29, 1.82) is 0 Å². The first-order valence-electron chi connectivity index (χ1n) is 9.86. The molecule has 20 heteroatoms. The number of carboxylic acid groups (broad SMARTS) is 3. The van der Waals surface area contributed by atoms with Crippen LogP contribution in [0.3, 0.4) is 0 Å². The highest BCUT2D eigenvalue weighted by Gasteiger charge is 2.42. The number of rotatable bonds is 13. The summed E-state index contributed by atoms with van der Waals surface area (Å²) in [7, 11) is 0. The van der Waals surface area contributed by atoms with E-state index in [2.05, 4.69) is 10.3 Å². The third-order valence-electron chi connectivity index (χ3n) is 3.84. The van der Waals surface area contributed by atoms with E-state index in [1.54, 1.807) is 5.32 Å². The van der Waals surface area contributed by atoms with Crippen molar-refractivity contribution in [1.82, 2.24) is 16.0 Å². The van der Waals surface area contributed by atoms with Gasteiger partial charge in [-0.05, 0) is 12.8 Å². The smallest absolute Gasteiger partial charge is 0.481 e. The Morgan fingerprint density at radius 2 is 1.46 bits per heavy atom. The van der Waals surface area contributed by atoms with Crippen molar-refractivity contribution in [3.05, 3.63) is 0 Å². The minimum absolute atomic E-state index is 0.0169. The molecule has 0 radical (unpaired) electrons. The van der Waals surface area contributed by atoms with Crippen molar-refractivity contribution in [3.8, 4) is 0 Å². The molecule has 3 atom stereocenters. The van der Waals surface area contributed by atoms with Crippen molar-refractivity contribution >= 4 is 35.7 Å². The van der Waals surface area contributed by atoms with Gasteiger partial charge in [-0.25, -0.2) is 4.79 Å². The lowest BCUT2D eigenvalue weighted by Gasteiger charge is -2.26. The Bertz CT molecular complexity index is 832. The SMILES string of the molecule is CC(=O)N[C@@H](CCCN=C(N)N)C(=O)NC[C@@H](N[C@@H](CC(=O)O)C(=O)O)C(F)(F)F.O=C(O)C(F)(F)F. The second kappa shape index (κ2) is 16.0. The summed E-state index contributed by atoms with van der Waals surface area (Å²) in [6.45, 7) is 0.142. The number of guanidine groups is 1. The van der Waals surface area contributed by atoms with Crippen molar-refractivity contribution < 1.29 is 65.6 Å². The fourth-order valence-electron chi connectivity index (χ4n) is 2.25. The Balaban J connectivity index is 0. The standard InChI is InChI=1S/C15H25F3N6O6.C2HF3O2/c1-7(25)23-8(3-2-4-21-14(19)20)12(28)22-6-10(15(16,17)18)24-9(13(29)30)5-11(26)27;3-2(4,5)1(6)7/h8-10,24H,2-6H2,1H3,(H,22,28)(H,23,25)(H,26,27)(H,29,30)(H4,19,20,21);(H,6,7)/t8-,9-,10+;/m0./s1. The Kier molecular flexibility index (Phi) is 15.3. The Labute approximate surface area is 204 Å². The third kappa shape index (κ3) is 18.1. The number of carboxylic acids is 3. The Hall–Kier alpha value is -3.84. The van der Waals surface area contributed by atoms with Gasteiger partial charge in [-0.1, -0.05) is 0 Å². The molecular weight excluding hydrogens is 530 g/mol. The Morgan fingerprint density at radius 3 is 1.81 bits per heavy atom. The number of hydrogen-bond donors (Lipinski definition) is 8. The van der Waals surface area contributed by atoms with Gasteiger partial charge in [0, 0.05) is 20.0 Å². The topological polar surface area (TPSA) is 247 Å². The number of halogens is 6. The van der Waals surface area contributed by atoms with Crippen LogP contribution < -0.4 is 27.4 Å². The molecular formula is C17H26F6N6O8. The van der Waals surface area contributed by atoms with Gasteiger partial charge in [-0.15, -0.1) is 0 Å². The second-order valence-corrected chi connectivity index (χ2v) is 7.00. The molecule has 0 aliphatic carbocycles. The van der Waals surface area contributed by atoms with Gasteiger partial charge in [-0.2, -0.15) is 26.3 Å². The maximum atomic E-state index is 13.2. The predicted molar refractivity (Wildman–Crippen MR) is 111 cm³/mol. The number of hydrogen-bond acceptors (Lipinski definition) is 7. The molecule has 0 spiro atoms. The summed E-state index contributed by atoms with van der Waals surface area (Å²) in [5.74, 6) is -7.91. The molecule has 0 fully saturated rings. The molecule has 0 saturated heterocycles. The summed E-state index contributed by atoms with van der Waals surface area (Å²) in [5.41, 5.74) is 10.3. The van der Waals surface area contributed by atoms with Crippen LogP contribution in [0.5, 0.6) is 0 Å². The van der Waals surface area contributed by atoms with Crippen molar-refractivity contribution in [3.63, 3.8) is 0 Å². The van der Waals surface area contributed by atoms with E-state index < -0.39 is 73.2 Å². The van der Waals surface area contributed by atoms with Crippen LogP contribution in [0.4, 0.5) is 26.3 Å². The van der Waals surface area contributed by atoms with Crippen LogP contribution in [0.25, 0.3) is 0 Å². The molecule has 0 aromatic heterocycles. The molecule has 214 valence electrons. The minimum Gasteiger partial charge on any atom is -0.481 e. The normalized spacial score (nSPS) is 13.6. The molecule has 0 saturated carbocycles. The lowest BCUT2D eigenvalue weighted by Crippen LogP contribution is -2.57. The van der Waals surface area contributed by atoms with E-state index in [0.717, 1.165) is 6.92 Å². The maximum Gasteiger partial charge on any atom is 0.490 e. The van der Waals surface area contributed by atoms with Crippen LogP contribution >= 0.6 is 0 Å². The quantitative estimate of drug-likeness (QED) is 0.0576. The van der Waals surface area contributed by atoms with E-state index >= 15 is 0 Å². The van der Waals surface area contributed by atoms with Gasteiger partial charge in [-0.3, -0.25) is 29.5 Å². The molecule has 0 aliphatic rings. The number of carbonyl (C=O) groups is 5. The Morgan fingerprint density at radius 1 is 0.946 bits per heavy atom. The molecule has 14 nitrogen and oxygen atoms in total. The first-order valence-corrected chi connectivity index (χ1v) is 9.86. The van der Waals surface area contributed by atoms with Crippen LogP contribution in [0.2, 0.25) is 0 Å². The van der Waals surface area contributed by atoms with Crippen LogP contribution in [-0.4, -0.2) is 94.6 Å². The summed E-state index contributed by atoms with van der Waals surface area (Å²) in [5, 5.41) is 30.6. The van der Waals surface area contributed by atoms with Crippen LogP contribution in [0, 0.1) is 0 Å². The van der Waals surface area contributed by atoms with Gasteiger partial charge >= 0.3 is 30.3 Å². The van der Waals surface area contributed by atoms with E-state index in [4.69, 9.17) is 31.6 Å². The number of aliphatic imine (C=N–C) groups is 1. The van der Waals surface area contributed by atoms with Gasteiger partial charge < -0.3 is 37.4 Å². The van der Waals surface area contributed by atoms with E-state index in [1.165, 1.54) is 0 Å². The summed E-state index contributed by atoms with van der Waals surface area (Å²) in [4.78, 5) is 57.7. The van der Waals surface area contributed by atoms with Gasteiger partial charge in [0.1, 0.15) is 18.1 Å². The second-order valence-electron chi connectivity index (χ2n) is 7.00. The number of carbonyl (C=O) groups excluding carboxylic acids is 2. The van der Waals surface area contributed by atoms with Crippen molar-refractivity contribution in [2.45, 2.75) is 56.7 Å². The van der Waals surface area contributed by atoms with E-state index in [-0.39, 0.29) is 25.3 Å². The van der Waals surface area contributed by atoms with Crippen LogP contribution in [-0.2, 0) is 24.0 Å². The van der Waals surface area contributed by atoms with Gasteiger partial charge in [0.05, 0.1) is 6.42 Å². The lowest BCUT2D eigenvalue weighted by atomic mass is 10.1. The van der Waals surface area contributed by atoms with Crippen molar-refractivity contribution in [2.75, 3.05) is 13.1 Å². The van der Waals surface area contributed by atoms with E-state index in [0.29, 0.717) is 0 Å². The number of aliphatic carboxylic acids is 3.